The Kier molecular flexibility index (Phi) is 10.2. The molecule has 0 aliphatic carbocycles. The number of hydrogen-bond donors (Lipinski definition) is 3. The van der Waals surface area contributed by atoms with Crippen molar-refractivity contribution in [2.75, 3.05) is 17.2 Å². The van der Waals surface area contributed by atoms with Crippen LogP contribution in [-0.2, 0) is 4.79 Å². The van der Waals surface area contributed by atoms with Gasteiger partial charge in [0.1, 0.15) is 6.54 Å². The summed E-state index contributed by atoms with van der Waals surface area (Å²) in [6.45, 7) is 0.498. The fourth-order valence-electron chi connectivity index (χ4n) is 2.32. The van der Waals surface area contributed by atoms with Crippen molar-refractivity contribution in [2.24, 2.45) is 11.7 Å². The molecule has 0 fully saturated rings. The van der Waals surface area contributed by atoms with Gasteiger partial charge in [-0.25, -0.2) is 0 Å². The third-order valence-electron chi connectivity index (χ3n) is 3.80. The van der Waals surface area contributed by atoms with Crippen molar-refractivity contribution in [2.45, 2.75) is 19.1 Å². The minimum Gasteiger partial charge on any atom is -0.375 e. The van der Waals surface area contributed by atoms with Crippen LogP contribution in [0.15, 0.2) is 54.6 Å². The van der Waals surface area contributed by atoms with Crippen molar-refractivity contribution in [1.29, 1.82) is 0 Å². The quantitative estimate of drug-likeness (QED) is 0.626. The maximum Gasteiger partial charge on any atom is 0.405 e. The van der Waals surface area contributed by atoms with Crippen LogP contribution in [-0.4, -0.2) is 18.6 Å². The van der Waals surface area contributed by atoms with Gasteiger partial charge in [-0.1, -0.05) is 49.4 Å². The summed E-state index contributed by atoms with van der Waals surface area (Å²) < 4.78 is 37.2. The highest BCUT2D eigenvalue weighted by Gasteiger charge is 2.27. The average molecular weight is 424 g/mol. The zero-order valence-electron chi connectivity index (χ0n) is 14.5. The number of rotatable bonds is 6. The van der Waals surface area contributed by atoms with Crippen LogP contribution in [0.2, 0.25) is 0 Å². The van der Waals surface area contributed by atoms with Gasteiger partial charge >= 0.3 is 6.18 Å². The number of carbonyl (C=O) groups excluding carboxylic acids is 1. The van der Waals surface area contributed by atoms with E-state index in [0.29, 0.717) is 0 Å². The van der Waals surface area contributed by atoms with E-state index in [-0.39, 0.29) is 42.1 Å². The highest BCUT2D eigenvalue weighted by molar-refractivity contribution is 5.96. The average Bonchev–Trinajstić information content (AvgIpc) is 2.59. The van der Waals surface area contributed by atoms with E-state index in [1.165, 1.54) is 12.1 Å². The van der Waals surface area contributed by atoms with Gasteiger partial charge < -0.3 is 16.4 Å². The first-order valence-corrected chi connectivity index (χ1v) is 7.79. The number of nitrogens with two attached hydrogens (primary N) is 1. The molecule has 0 heterocycles. The maximum atomic E-state index is 12.4. The molecule has 1 amide bonds. The van der Waals surface area contributed by atoms with Crippen LogP contribution in [0.1, 0.15) is 18.5 Å². The normalized spacial score (nSPS) is 12.8. The number of alkyl halides is 3. The molecule has 0 saturated heterocycles. The van der Waals surface area contributed by atoms with E-state index < -0.39 is 24.7 Å². The molecular weight excluding hydrogens is 402 g/mol. The maximum absolute atomic E-state index is 12.4. The summed E-state index contributed by atoms with van der Waals surface area (Å²) >= 11 is 0. The van der Waals surface area contributed by atoms with Gasteiger partial charge in [0, 0.05) is 6.04 Å². The van der Waals surface area contributed by atoms with Crippen molar-refractivity contribution >= 4 is 42.1 Å². The van der Waals surface area contributed by atoms with E-state index in [4.69, 9.17) is 5.73 Å². The second kappa shape index (κ2) is 11.0. The molecule has 0 aliphatic heterocycles. The van der Waals surface area contributed by atoms with Gasteiger partial charge in [0.05, 0.1) is 17.3 Å². The molecule has 4 nitrogen and oxygen atoms in total. The van der Waals surface area contributed by atoms with Crippen LogP contribution < -0.4 is 16.4 Å². The van der Waals surface area contributed by atoms with Gasteiger partial charge in [-0.05, 0) is 17.7 Å². The minimum absolute atomic E-state index is 0. The molecule has 9 heteroatoms. The van der Waals surface area contributed by atoms with Crippen molar-refractivity contribution < 1.29 is 18.0 Å². The standard InChI is InChI=1S/C18H20F3N3O.2ClH/c1-12(16(22)13-7-3-2-4-8-13)17(25)24-15-10-6-5-9-14(15)23-11-18(19,20)21;;/h2-10,12,16,23H,11,22H2,1H3,(H,24,25);2*1H. The predicted molar refractivity (Wildman–Crippen MR) is 107 cm³/mol. The van der Waals surface area contributed by atoms with Crippen molar-refractivity contribution in [3.05, 3.63) is 60.2 Å². The first-order chi connectivity index (χ1) is 11.8. The Balaban J connectivity index is 0.00000338. The van der Waals surface area contributed by atoms with Crippen molar-refractivity contribution in [3.8, 4) is 0 Å². The largest absolute Gasteiger partial charge is 0.405 e. The van der Waals surface area contributed by atoms with Crippen LogP contribution in [0, 0.1) is 5.92 Å². The van der Waals surface area contributed by atoms with Gasteiger partial charge in [0.15, 0.2) is 0 Å². The molecule has 0 radical (unpaired) electrons. The molecule has 2 rings (SSSR count). The number of halogens is 5. The second-order valence-electron chi connectivity index (χ2n) is 5.73. The lowest BCUT2D eigenvalue weighted by molar-refractivity contribution is -0.120. The number of carbonyl (C=O) groups is 1. The number of hydrogen-bond acceptors (Lipinski definition) is 3. The van der Waals surface area contributed by atoms with Gasteiger partial charge in [-0.2, -0.15) is 13.2 Å². The van der Waals surface area contributed by atoms with Crippen molar-refractivity contribution in [1.82, 2.24) is 0 Å². The Hall–Kier alpha value is -1.96. The summed E-state index contributed by atoms with van der Waals surface area (Å²) in [7, 11) is 0. The summed E-state index contributed by atoms with van der Waals surface area (Å²) in [5, 5.41) is 4.94. The fourth-order valence-corrected chi connectivity index (χ4v) is 2.32. The van der Waals surface area contributed by atoms with Crippen LogP contribution >= 0.6 is 24.8 Å². The van der Waals surface area contributed by atoms with Crippen LogP contribution in [0.5, 0.6) is 0 Å². The number of para-hydroxylation sites is 2. The van der Waals surface area contributed by atoms with Gasteiger partial charge in [-0.15, -0.1) is 24.8 Å². The van der Waals surface area contributed by atoms with E-state index in [9.17, 15) is 18.0 Å². The molecule has 2 unspecified atom stereocenters. The Labute approximate surface area is 168 Å². The Morgan fingerprint density at radius 2 is 1.52 bits per heavy atom. The SMILES string of the molecule is CC(C(=O)Nc1ccccc1NCC(F)(F)F)C(N)c1ccccc1.Cl.Cl. The summed E-state index contributed by atoms with van der Waals surface area (Å²) in [5.41, 5.74) is 7.42. The second-order valence-corrected chi connectivity index (χ2v) is 5.73. The highest BCUT2D eigenvalue weighted by atomic mass is 35.5. The van der Waals surface area contributed by atoms with Crippen LogP contribution in [0.3, 0.4) is 0 Å². The molecular formula is C18H22Cl2F3N3O. The van der Waals surface area contributed by atoms with E-state index >= 15 is 0 Å². The minimum atomic E-state index is -4.35. The summed E-state index contributed by atoms with van der Waals surface area (Å²) in [5.74, 6) is -0.921. The topological polar surface area (TPSA) is 67.2 Å². The Bertz CT molecular complexity index is 714. The van der Waals surface area contributed by atoms with E-state index in [2.05, 4.69) is 10.6 Å². The van der Waals surface area contributed by atoms with E-state index in [1.807, 2.05) is 30.3 Å². The van der Waals surface area contributed by atoms with E-state index in [0.717, 1.165) is 5.56 Å². The van der Waals surface area contributed by atoms with Gasteiger partial charge in [-0.3, -0.25) is 4.79 Å². The van der Waals surface area contributed by atoms with Crippen LogP contribution in [0.4, 0.5) is 24.5 Å². The zero-order valence-corrected chi connectivity index (χ0v) is 16.1. The molecule has 0 bridgehead atoms. The van der Waals surface area contributed by atoms with Gasteiger partial charge in [0.2, 0.25) is 5.91 Å². The number of benzene rings is 2. The number of amides is 1. The molecule has 2 aromatic rings. The molecule has 0 aromatic heterocycles. The van der Waals surface area contributed by atoms with Crippen LogP contribution in [0.25, 0.3) is 0 Å². The molecule has 27 heavy (non-hydrogen) atoms. The smallest absolute Gasteiger partial charge is 0.375 e. The lowest BCUT2D eigenvalue weighted by Crippen LogP contribution is -2.31. The summed E-state index contributed by atoms with van der Waals surface area (Å²) in [4.78, 5) is 12.4. The zero-order chi connectivity index (χ0) is 18.4. The van der Waals surface area contributed by atoms with E-state index in [1.54, 1.807) is 19.1 Å². The summed E-state index contributed by atoms with van der Waals surface area (Å²) in [6, 6.07) is 14.9. The third kappa shape index (κ3) is 7.66. The monoisotopic (exact) mass is 423 g/mol. The Morgan fingerprint density at radius 3 is 2.07 bits per heavy atom. The molecule has 2 atom stereocenters. The molecule has 2 aromatic carbocycles. The Morgan fingerprint density at radius 1 is 1.00 bits per heavy atom. The lowest BCUT2D eigenvalue weighted by atomic mass is 9.94. The first kappa shape index (κ1) is 25.0. The summed E-state index contributed by atoms with van der Waals surface area (Å²) in [6.07, 6.45) is -4.35. The first-order valence-electron chi connectivity index (χ1n) is 7.79. The number of nitrogens with one attached hydrogen (secondary N) is 2. The predicted octanol–water partition coefficient (Wildman–Crippen LogP) is 4.78. The third-order valence-corrected chi connectivity index (χ3v) is 3.80. The molecule has 150 valence electrons. The van der Waals surface area contributed by atoms with Gasteiger partial charge in [0.25, 0.3) is 0 Å². The molecule has 4 N–H and O–H groups in total. The lowest BCUT2D eigenvalue weighted by Gasteiger charge is -2.21. The molecule has 0 spiro atoms. The fraction of sp³-hybridized carbons (Fsp3) is 0.278. The molecule has 0 saturated carbocycles. The molecule has 0 aliphatic rings. The van der Waals surface area contributed by atoms with Crippen molar-refractivity contribution in [3.63, 3.8) is 0 Å². The number of anilines is 2. The highest BCUT2D eigenvalue weighted by Crippen LogP contribution is 2.26.